The van der Waals surface area contributed by atoms with Crippen molar-refractivity contribution in [3.05, 3.63) is 100 Å². The number of nitrogens with zero attached hydrogens (tertiary/aromatic N) is 11. The van der Waals surface area contributed by atoms with Gasteiger partial charge >= 0.3 is 12.7 Å². The van der Waals surface area contributed by atoms with Gasteiger partial charge in [-0.15, -0.1) is 31.4 Å². The van der Waals surface area contributed by atoms with Crippen LogP contribution in [0.1, 0.15) is 81.1 Å². The molecular weight excluding hydrogens is 1140 g/mol. The minimum Gasteiger partial charge on any atom is -0.406 e. The van der Waals surface area contributed by atoms with E-state index in [1.54, 1.807) is 47.1 Å². The molecule has 4 aliphatic rings. The largest absolute Gasteiger partial charge is 0.573 e. The van der Waals surface area contributed by atoms with Gasteiger partial charge in [-0.25, -0.2) is 19.0 Å². The molecule has 0 aliphatic carbocycles. The van der Waals surface area contributed by atoms with Gasteiger partial charge in [0.25, 0.3) is 0 Å². The minimum absolute atomic E-state index is 0. The number of alkyl halides is 6. The Kier molecular flexibility index (Phi) is 29.0. The predicted octanol–water partition coefficient (Wildman–Crippen LogP) is 9.06. The maximum atomic E-state index is 12.5. The van der Waals surface area contributed by atoms with Gasteiger partial charge in [0.15, 0.2) is 11.3 Å². The first-order valence-electron chi connectivity index (χ1n) is 26.2. The number of likely N-dealkylation sites (tertiary alicyclic amines) is 4. The Hall–Kier alpha value is -6.30. The number of aliphatic hydroxyl groups is 3. The van der Waals surface area contributed by atoms with Crippen LogP contribution in [0.3, 0.4) is 0 Å². The number of Topliss-reactive ketones (excluding diaryl/α,β-unsaturated/α-hetero) is 1. The van der Waals surface area contributed by atoms with Crippen molar-refractivity contribution in [1.82, 2.24) is 48.8 Å². The number of aromatic nitrogens is 6. The fourth-order valence-corrected chi connectivity index (χ4v) is 9.06. The second kappa shape index (κ2) is 33.0. The molecule has 4 aliphatic heterocycles. The summed E-state index contributed by atoms with van der Waals surface area (Å²) in [6.45, 7) is 7.42. The number of nitro groups is 1. The number of nitrogens with one attached hydrogen (secondary N) is 1. The van der Waals surface area contributed by atoms with Gasteiger partial charge in [0, 0.05) is 94.3 Å². The fourth-order valence-electron chi connectivity index (χ4n) is 8.92. The number of rotatable bonds is 10. The summed E-state index contributed by atoms with van der Waals surface area (Å²) < 4.78 is 85.3. The zero-order valence-electron chi connectivity index (χ0n) is 45.5. The van der Waals surface area contributed by atoms with E-state index < -0.39 is 34.5 Å². The zero-order valence-corrected chi connectivity index (χ0v) is 46.3. The lowest BCUT2D eigenvalue weighted by Crippen LogP contribution is -2.47. The summed E-state index contributed by atoms with van der Waals surface area (Å²) in [4.78, 5) is 37.3. The van der Waals surface area contributed by atoms with E-state index in [0.717, 1.165) is 78.0 Å². The third-order valence-electron chi connectivity index (χ3n) is 14.1. The number of hydrogen-bond acceptors (Lipinski definition) is 18. The third-order valence-corrected chi connectivity index (χ3v) is 14.3. The van der Waals surface area contributed by atoms with E-state index in [1.165, 1.54) is 47.1 Å². The molecule has 85 heavy (non-hydrogen) atoms. The van der Waals surface area contributed by atoms with E-state index >= 15 is 0 Å². The van der Waals surface area contributed by atoms with Crippen LogP contribution in [0.5, 0.6) is 11.5 Å². The molecular formula is C57H86ClF6N13O8. The summed E-state index contributed by atoms with van der Waals surface area (Å²) in [6, 6.07) is 18.0. The van der Waals surface area contributed by atoms with E-state index in [1.807, 2.05) is 21.1 Å². The normalized spacial score (nSPS) is 17.8. The first kappa shape index (κ1) is 74.8. The second-order valence-electron chi connectivity index (χ2n) is 20.8. The van der Waals surface area contributed by atoms with Gasteiger partial charge < -0.3 is 55.4 Å². The van der Waals surface area contributed by atoms with Crippen molar-refractivity contribution in [2.45, 2.75) is 111 Å². The number of anilines is 1. The molecule has 10 rings (SSSR count). The summed E-state index contributed by atoms with van der Waals surface area (Å²) >= 11 is 5.82. The van der Waals surface area contributed by atoms with Gasteiger partial charge in [0.2, 0.25) is 6.54 Å². The number of piperidine rings is 4. The average molecular weight is 1230 g/mol. The molecule has 4 fully saturated rings. The SMILES string of the molecule is C.C.C.C.CN1CCC(=O)CC1.CN1CCC(O)(CN)CC1.CN1CCC(O)(CNc2ccc3ncc(-c4cccc(OC(F)(F)F)c4)n3n2)CC1.CN1CCC(O)(C[N+](=O)[O-])CC1.FC(F)(F)Oc1cccc(-c2cnc3ccc(Cl)nn23)c1. The van der Waals surface area contributed by atoms with Crippen LogP contribution in [0, 0.1) is 10.1 Å². The zero-order chi connectivity index (χ0) is 59.2. The van der Waals surface area contributed by atoms with E-state index in [0.29, 0.717) is 84.2 Å². The smallest absolute Gasteiger partial charge is 0.406 e. The lowest BCUT2D eigenvalue weighted by atomic mass is 9.91. The number of imidazole rings is 2. The highest BCUT2D eigenvalue weighted by molar-refractivity contribution is 6.29. The third kappa shape index (κ3) is 24.2. The molecule has 4 saturated heterocycles. The van der Waals surface area contributed by atoms with Crippen LogP contribution in [0.4, 0.5) is 32.2 Å². The molecule has 0 unspecified atom stereocenters. The highest BCUT2D eigenvalue weighted by Crippen LogP contribution is 2.31. The molecule has 476 valence electrons. The molecule has 0 atom stereocenters. The number of ether oxygens (including phenoxy) is 2. The molecule has 0 bridgehead atoms. The molecule has 0 saturated carbocycles. The molecule has 6 aromatic rings. The van der Waals surface area contributed by atoms with Gasteiger partial charge in [-0.2, -0.15) is 5.10 Å². The summed E-state index contributed by atoms with van der Waals surface area (Å²) in [5, 5.41) is 52.3. The summed E-state index contributed by atoms with van der Waals surface area (Å²) in [5.74, 6) is 0.339. The number of carbonyl (C=O) groups excluding carboxylic acids is 1. The number of nitrogens with two attached hydrogens (primary N) is 1. The van der Waals surface area contributed by atoms with Crippen LogP contribution in [0.15, 0.2) is 85.2 Å². The highest BCUT2D eigenvalue weighted by atomic mass is 35.5. The Morgan fingerprint density at radius 3 is 1.44 bits per heavy atom. The number of carbonyl (C=O) groups is 1. The summed E-state index contributed by atoms with van der Waals surface area (Å²) in [7, 11) is 8.09. The van der Waals surface area contributed by atoms with Crippen LogP contribution in [0.25, 0.3) is 33.8 Å². The topological polar surface area (TPSA) is 251 Å². The highest BCUT2D eigenvalue weighted by Gasteiger charge is 2.37. The van der Waals surface area contributed by atoms with Crippen molar-refractivity contribution in [1.29, 1.82) is 0 Å². The van der Waals surface area contributed by atoms with Gasteiger partial charge in [0.05, 0.1) is 35.0 Å². The Bertz CT molecular complexity index is 2970. The monoisotopic (exact) mass is 1230 g/mol. The van der Waals surface area contributed by atoms with Crippen LogP contribution in [-0.4, -0.2) is 205 Å². The summed E-state index contributed by atoms with van der Waals surface area (Å²) in [6.07, 6.45) is -0.944. The van der Waals surface area contributed by atoms with E-state index in [2.05, 4.69) is 61.6 Å². The number of ketones is 1. The van der Waals surface area contributed by atoms with Crippen LogP contribution < -0.4 is 20.5 Å². The maximum Gasteiger partial charge on any atom is 0.573 e. The van der Waals surface area contributed by atoms with Gasteiger partial charge in [0.1, 0.15) is 33.9 Å². The van der Waals surface area contributed by atoms with Crippen molar-refractivity contribution in [2.24, 2.45) is 5.73 Å². The van der Waals surface area contributed by atoms with E-state index in [-0.39, 0.29) is 52.9 Å². The van der Waals surface area contributed by atoms with Crippen molar-refractivity contribution in [2.75, 3.05) is 105 Å². The molecule has 4 aromatic heterocycles. The Morgan fingerprint density at radius 1 is 0.624 bits per heavy atom. The van der Waals surface area contributed by atoms with E-state index in [9.17, 15) is 56.6 Å². The van der Waals surface area contributed by atoms with Crippen molar-refractivity contribution in [3.8, 4) is 34.0 Å². The summed E-state index contributed by atoms with van der Waals surface area (Å²) in [5.41, 5.74) is 6.10. The molecule has 0 spiro atoms. The molecule has 8 heterocycles. The molecule has 28 heteroatoms. The molecule has 0 amide bonds. The lowest BCUT2D eigenvalue weighted by molar-refractivity contribution is -0.502. The maximum absolute atomic E-state index is 12.5. The molecule has 2 aromatic carbocycles. The first-order chi connectivity index (χ1) is 38.1. The molecule has 6 N–H and O–H groups in total. The Balaban J connectivity index is 0.000000390. The van der Waals surface area contributed by atoms with Crippen LogP contribution in [0.2, 0.25) is 5.15 Å². The standard InChI is InChI=1S/C20H22F3N5O2.C13H7ClF3N3O.C7H14N2O3.C7H16N2O.C6H11NO.4CH4/c1-27-9-7-19(29,8-10-27)13-25-17-5-6-18-24-12-16(28(18)26-17)14-3-2-4-15(11-14)30-20(21,22)23;14-11-4-5-12-18-7-10(20(12)19-11)8-2-1-3-9(6-8)21-13(15,16)17;1-8-4-2-7(10,3-5-8)6-9(11)12;1-9-4-2-7(10,6-8)3-5-9;1-7-4-2-6(8)3-5-7;;;;/h2-6,11-12,29H,7-10,13H2,1H3,(H,25,26);1-7H;10H,2-6H2,1H3;10H,2-6,8H2,1H3;2-5H2,1H3;4*1H4. The van der Waals surface area contributed by atoms with Gasteiger partial charge in [-0.05, 0) is 115 Å². The number of benzene rings is 2. The fraction of sp³-hybridized carbons (Fsp3) is 0.561. The predicted molar refractivity (Wildman–Crippen MR) is 318 cm³/mol. The van der Waals surface area contributed by atoms with E-state index in [4.69, 9.17) is 17.3 Å². The minimum atomic E-state index is -4.76. The second-order valence-corrected chi connectivity index (χ2v) is 21.2. The Morgan fingerprint density at radius 2 is 1.02 bits per heavy atom. The van der Waals surface area contributed by atoms with Gasteiger partial charge in [-0.1, -0.05) is 65.6 Å². The lowest BCUT2D eigenvalue weighted by Gasteiger charge is -2.36. The van der Waals surface area contributed by atoms with Crippen molar-refractivity contribution < 1.29 is 60.9 Å². The first-order valence-corrected chi connectivity index (χ1v) is 26.5. The number of halogens is 7. The van der Waals surface area contributed by atoms with Crippen LogP contribution >= 0.6 is 11.6 Å². The van der Waals surface area contributed by atoms with Crippen molar-refractivity contribution >= 4 is 34.5 Å². The molecule has 0 radical (unpaired) electrons. The van der Waals surface area contributed by atoms with Gasteiger partial charge in [-0.3, -0.25) is 14.9 Å². The van der Waals surface area contributed by atoms with Crippen LogP contribution in [-0.2, 0) is 4.79 Å². The Labute approximate surface area is 498 Å². The number of fused-ring (bicyclic) bond motifs is 2. The number of hydrogen-bond donors (Lipinski definition) is 5. The molecule has 21 nitrogen and oxygen atoms in total. The quantitative estimate of drug-likeness (QED) is 0.0487. The van der Waals surface area contributed by atoms with Crippen molar-refractivity contribution in [3.63, 3.8) is 0 Å². The average Bonchev–Trinajstić information content (AvgIpc) is 4.16.